The molecular weight excluding hydrogens is 276 g/mol. The maximum Gasteiger partial charge on any atom is 0.480 e. The molecule has 0 amide bonds. The number of nitrogens with two attached hydrogens (primary N) is 1. The Morgan fingerprint density at radius 1 is 1.20 bits per heavy atom. The highest BCUT2D eigenvalue weighted by molar-refractivity contribution is 6.47. The molecule has 110 valence electrons. The van der Waals surface area contributed by atoms with Crippen molar-refractivity contribution in [3.8, 4) is 5.75 Å². The molecule has 20 heavy (non-hydrogen) atoms. The van der Waals surface area contributed by atoms with Crippen LogP contribution in [0.1, 0.15) is 39.2 Å². The van der Waals surface area contributed by atoms with Gasteiger partial charge in [0, 0.05) is 10.6 Å². The summed E-state index contributed by atoms with van der Waals surface area (Å²) in [5, 5.41) is 0.604. The summed E-state index contributed by atoms with van der Waals surface area (Å²) in [6.45, 7) is 7.98. The zero-order valence-electron chi connectivity index (χ0n) is 12.6. The van der Waals surface area contributed by atoms with E-state index in [1.165, 1.54) is 0 Å². The van der Waals surface area contributed by atoms with E-state index in [0.29, 0.717) is 10.8 Å². The van der Waals surface area contributed by atoms with Crippen molar-refractivity contribution in [3.05, 3.63) is 28.8 Å². The first-order valence-electron chi connectivity index (χ1n) is 6.62. The summed E-state index contributed by atoms with van der Waals surface area (Å²) in [6.07, 6.45) is 0. The summed E-state index contributed by atoms with van der Waals surface area (Å²) >= 11 is 6.04. The molecule has 1 heterocycles. The Kier molecular flexibility index (Phi) is 4.09. The van der Waals surface area contributed by atoms with Crippen molar-refractivity contribution in [3.63, 3.8) is 0 Å². The maximum absolute atomic E-state index is 6.30. The Morgan fingerprint density at radius 2 is 1.75 bits per heavy atom. The molecule has 1 aliphatic heterocycles. The molecular formula is C14H21BClNO3. The molecule has 0 unspecified atom stereocenters. The summed E-state index contributed by atoms with van der Waals surface area (Å²) < 4.78 is 17.3. The molecule has 1 aliphatic rings. The topological polar surface area (TPSA) is 53.7 Å². The maximum atomic E-state index is 6.30. The predicted octanol–water partition coefficient (Wildman–Crippen LogP) is 2.98. The minimum Gasteiger partial charge on any atom is -0.496 e. The highest BCUT2D eigenvalue weighted by Gasteiger charge is 2.53. The third kappa shape index (κ3) is 2.68. The summed E-state index contributed by atoms with van der Waals surface area (Å²) in [4.78, 5) is 0. The van der Waals surface area contributed by atoms with Gasteiger partial charge in [-0.05, 0) is 45.9 Å². The van der Waals surface area contributed by atoms with Crippen LogP contribution < -0.4 is 10.5 Å². The van der Waals surface area contributed by atoms with Crippen LogP contribution in [0.4, 0.5) is 0 Å². The lowest BCUT2D eigenvalue weighted by Crippen LogP contribution is -2.41. The van der Waals surface area contributed by atoms with Crippen LogP contribution in [-0.4, -0.2) is 25.4 Å². The van der Waals surface area contributed by atoms with Gasteiger partial charge in [-0.1, -0.05) is 11.6 Å². The van der Waals surface area contributed by atoms with Crippen LogP contribution in [0.3, 0.4) is 0 Å². The second-order valence-electron chi connectivity index (χ2n) is 6.04. The van der Waals surface area contributed by atoms with E-state index < -0.39 is 24.3 Å². The van der Waals surface area contributed by atoms with Crippen LogP contribution in [0, 0.1) is 0 Å². The van der Waals surface area contributed by atoms with Gasteiger partial charge in [0.1, 0.15) is 5.75 Å². The van der Waals surface area contributed by atoms with Gasteiger partial charge in [-0.3, -0.25) is 0 Å². The lowest BCUT2D eigenvalue weighted by molar-refractivity contribution is 0.00578. The lowest BCUT2D eigenvalue weighted by Gasteiger charge is -2.32. The average Bonchev–Trinajstić information content (AvgIpc) is 2.57. The molecule has 2 rings (SSSR count). The molecule has 1 fully saturated rings. The van der Waals surface area contributed by atoms with Crippen molar-refractivity contribution < 1.29 is 14.0 Å². The number of hydrogen-bond donors (Lipinski definition) is 1. The number of hydrogen-bond acceptors (Lipinski definition) is 4. The van der Waals surface area contributed by atoms with Gasteiger partial charge >= 0.3 is 7.12 Å². The number of rotatable bonds is 3. The zero-order valence-corrected chi connectivity index (χ0v) is 13.3. The highest BCUT2D eigenvalue weighted by Crippen LogP contribution is 2.41. The minimum atomic E-state index is -0.535. The third-order valence-corrected chi connectivity index (χ3v) is 4.35. The Bertz CT molecular complexity index is 491. The lowest BCUT2D eigenvalue weighted by atomic mass is 9.74. The van der Waals surface area contributed by atoms with E-state index in [2.05, 4.69) is 0 Å². The van der Waals surface area contributed by atoms with Gasteiger partial charge in [-0.15, -0.1) is 0 Å². The molecule has 0 aromatic heterocycles. The molecule has 0 radical (unpaired) electrons. The van der Waals surface area contributed by atoms with Gasteiger partial charge in [0.15, 0.2) is 0 Å². The smallest absolute Gasteiger partial charge is 0.480 e. The molecule has 6 heteroatoms. The van der Waals surface area contributed by atoms with E-state index in [1.54, 1.807) is 25.3 Å². The Balaban J connectivity index is 2.29. The van der Waals surface area contributed by atoms with Crippen LogP contribution >= 0.6 is 11.6 Å². The van der Waals surface area contributed by atoms with E-state index in [1.807, 2.05) is 27.7 Å². The second kappa shape index (κ2) is 5.22. The number of benzene rings is 1. The van der Waals surface area contributed by atoms with Crippen LogP contribution in [0.25, 0.3) is 0 Å². The first kappa shape index (κ1) is 15.6. The highest BCUT2D eigenvalue weighted by atomic mass is 35.5. The Hall–Kier alpha value is -0.745. The van der Waals surface area contributed by atoms with Crippen molar-refractivity contribution in [1.29, 1.82) is 0 Å². The van der Waals surface area contributed by atoms with Crippen molar-refractivity contribution in [2.75, 3.05) is 7.11 Å². The van der Waals surface area contributed by atoms with Crippen LogP contribution in [0.2, 0.25) is 5.02 Å². The number of methoxy groups -OCH3 is 1. The normalized spacial score (nSPS) is 21.9. The first-order chi connectivity index (χ1) is 9.18. The van der Waals surface area contributed by atoms with Crippen LogP contribution in [-0.2, 0) is 9.31 Å². The first-order valence-corrected chi connectivity index (χ1v) is 7.00. The van der Waals surface area contributed by atoms with E-state index in [-0.39, 0.29) is 0 Å². The monoisotopic (exact) mass is 297 g/mol. The molecule has 1 aromatic carbocycles. The summed E-state index contributed by atoms with van der Waals surface area (Å²) in [7, 11) is 1.07. The molecule has 2 N–H and O–H groups in total. The van der Waals surface area contributed by atoms with Crippen LogP contribution in [0.5, 0.6) is 5.75 Å². The van der Waals surface area contributed by atoms with Crippen molar-refractivity contribution in [2.24, 2.45) is 5.73 Å². The summed E-state index contributed by atoms with van der Waals surface area (Å²) in [6, 6.07) is 5.35. The van der Waals surface area contributed by atoms with Crippen molar-refractivity contribution >= 4 is 18.7 Å². The molecule has 0 spiro atoms. The van der Waals surface area contributed by atoms with Gasteiger partial charge in [0.25, 0.3) is 0 Å². The van der Waals surface area contributed by atoms with E-state index in [4.69, 9.17) is 31.4 Å². The Labute approximate surface area is 125 Å². The SMILES string of the molecule is COc1ccc(Cl)cc1[C@@H](N)B1OC(C)(C)C(C)(C)O1. The van der Waals surface area contributed by atoms with Crippen molar-refractivity contribution in [1.82, 2.24) is 0 Å². The molecule has 1 saturated heterocycles. The van der Waals surface area contributed by atoms with E-state index in [9.17, 15) is 0 Å². The molecule has 0 bridgehead atoms. The average molecular weight is 298 g/mol. The molecule has 1 atom stereocenters. The quantitative estimate of drug-likeness (QED) is 0.872. The predicted molar refractivity (Wildman–Crippen MR) is 81.0 cm³/mol. The fourth-order valence-corrected chi connectivity index (χ4v) is 2.33. The van der Waals surface area contributed by atoms with Crippen LogP contribution in [0.15, 0.2) is 18.2 Å². The standard InChI is InChI=1S/C14H21BClNO3/c1-13(2)14(3,4)20-15(19-13)12(17)10-8-9(16)6-7-11(10)18-5/h6-8,12H,17H2,1-5H3/t12-/m1/s1. The molecule has 0 aliphatic carbocycles. The summed E-state index contributed by atoms with van der Waals surface area (Å²) in [5.74, 6) is 0.210. The van der Waals surface area contributed by atoms with E-state index >= 15 is 0 Å². The molecule has 0 saturated carbocycles. The summed E-state index contributed by atoms with van der Waals surface area (Å²) in [5.41, 5.74) is 6.24. The third-order valence-electron chi connectivity index (χ3n) is 4.12. The zero-order chi connectivity index (χ0) is 15.1. The van der Waals surface area contributed by atoms with E-state index in [0.717, 1.165) is 5.56 Å². The van der Waals surface area contributed by atoms with Gasteiger partial charge in [0.2, 0.25) is 0 Å². The largest absolute Gasteiger partial charge is 0.496 e. The Morgan fingerprint density at radius 3 is 2.25 bits per heavy atom. The number of halogens is 1. The minimum absolute atomic E-state index is 0.416. The van der Waals surface area contributed by atoms with Crippen molar-refractivity contribution in [2.45, 2.75) is 44.8 Å². The van der Waals surface area contributed by atoms with Gasteiger partial charge in [-0.25, -0.2) is 0 Å². The molecule has 1 aromatic rings. The fraction of sp³-hybridized carbons (Fsp3) is 0.571. The molecule has 4 nitrogen and oxygen atoms in total. The van der Waals surface area contributed by atoms with Gasteiger partial charge < -0.3 is 19.8 Å². The van der Waals surface area contributed by atoms with Gasteiger partial charge in [-0.2, -0.15) is 0 Å². The van der Waals surface area contributed by atoms with Gasteiger partial charge in [0.05, 0.1) is 24.3 Å². The number of ether oxygens (including phenoxy) is 1. The second-order valence-corrected chi connectivity index (χ2v) is 6.47. The fourth-order valence-electron chi connectivity index (χ4n) is 2.15.